The molecule has 0 bridgehead atoms. The van der Waals surface area contributed by atoms with Crippen molar-refractivity contribution in [3.63, 3.8) is 0 Å². The number of pyridine rings is 1. The lowest BCUT2D eigenvalue weighted by Crippen LogP contribution is -2.05. The van der Waals surface area contributed by atoms with E-state index in [-0.39, 0.29) is 5.78 Å². The molecule has 0 amide bonds. The number of Topliss-reactive ketones (excluding diaryl/α,β-unsaturated/α-hetero) is 1. The minimum absolute atomic E-state index is 0.0486. The van der Waals surface area contributed by atoms with Gasteiger partial charge >= 0.3 is 0 Å². The smallest absolute Gasteiger partial charge is 0.176 e. The third kappa shape index (κ3) is 3.58. The first-order valence-corrected chi connectivity index (χ1v) is 6.91. The number of aryl methyl sites for hydroxylation is 1. The van der Waals surface area contributed by atoms with Gasteiger partial charge in [-0.25, -0.2) is 4.98 Å². The molecule has 0 N–H and O–H groups in total. The summed E-state index contributed by atoms with van der Waals surface area (Å²) in [6.07, 6.45) is 1.72. The van der Waals surface area contributed by atoms with Crippen LogP contribution in [0.4, 0.5) is 0 Å². The zero-order valence-electron chi connectivity index (χ0n) is 10.9. The van der Waals surface area contributed by atoms with E-state index >= 15 is 0 Å². The number of ketones is 1. The highest BCUT2D eigenvalue weighted by molar-refractivity contribution is 7.99. The number of ether oxygens (including phenoxy) is 1. The lowest BCUT2D eigenvalue weighted by molar-refractivity contribution is 0.101. The molecule has 98 valence electrons. The minimum atomic E-state index is 0.0486. The van der Waals surface area contributed by atoms with Gasteiger partial charge in [-0.3, -0.25) is 4.79 Å². The Labute approximate surface area is 117 Å². The van der Waals surface area contributed by atoms with Gasteiger partial charge in [0.05, 0.1) is 23.5 Å². The predicted molar refractivity (Wildman–Crippen MR) is 77.0 cm³/mol. The van der Waals surface area contributed by atoms with Gasteiger partial charge in [0.1, 0.15) is 5.75 Å². The molecule has 0 saturated carbocycles. The fourth-order valence-electron chi connectivity index (χ4n) is 1.68. The molecule has 1 aromatic heterocycles. The van der Waals surface area contributed by atoms with E-state index in [1.165, 1.54) is 11.8 Å². The number of aromatic nitrogens is 1. The van der Waals surface area contributed by atoms with E-state index in [4.69, 9.17) is 4.74 Å². The Bertz CT molecular complexity index is 570. The van der Waals surface area contributed by atoms with E-state index < -0.39 is 0 Å². The number of hydrogen-bond acceptors (Lipinski definition) is 4. The van der Waals surface area contributed by atoms with Gasteiger partial charge in [-0.1, -0.05) is 23.9 Å². The topological polar surface area (TPSA) is 39.2 Å². The molecule has 1 aromatic carbocycles. The normalized spacial score (nSPS) is 10.2. The summed E-state index contributed by atoms with van der Waals surface area (Å²) >= 11 is 1.43. The first-order chi connectivity index (χ1) is 9.20. The van der Waals surface area contributed by atoms with E-state index in [0.29, 0.717) is 17.1 Å². The molecular formula is C15H15NO2S. The van der Waals surface area contributed by atoms with Crippen LogP contribution in [0.1, 0.15) is 15.9 Å². The predicted octanol–water partition coefficient (Wildman–Crippen LogP) is 3.37. The van der Waals surface area contributed by atoms with Crippen LogP contribution in [0.5, 0.6) is 5.75 Å². The van der Waals surface area contributed by atoms with Crippen molar-refractivity contribution in [2.24, 2.45) is 0 Å². The van der Waals surface area contributed by atoms with Crippen molar-refractivity contribution in [1.29, 1.82) is 0 Å². The van der Waals surface area contributed by atoms with Gasteiger partial charge in [-0.2, -0.15) is 0 Å². The van der Waals surface area contributed by atoms with Gasteiger partial charge in [0.25, 0.3) is 0 Å². The van der Waals surface area contributed by atoms with Crippen molar-refractivity contribution in [2.45, 2.75) is 11.9 Å². The monoisotopic (exact) mass is 273 g/mol. The molecule has 0 spiro atoms. The van der Waals surface area contributed by atoms with Crippen molar-refractivity contribution in [1.82, 2.24) is 4.98 Å². The van der Waals surface area contributed by atoms with Gasteiger partial charge in [0, 0.05) is 6.20 Å². The fourth-order valence-corrected chi connectivity index (χ4v) is 2.42. The maximum absolute atomic E-state index is 12.2. The average Bonchev–Trinajstić information content (AvgIpc) is 2.45. The number of nitrogens with zero attached hydrogens (tertiary/aromatic N) is 1. The zero-order valence-corrected chi connectivity index (χ0v) is 11.7. The van der Waals surface area contributed by atoms with Crippen LogP contribution in [0.2, 0.25) is 0 Å². The fraction of sp³-hybridized carbons (Fsp3) is 0.200. The van der Waals surface area contributed by atoms with Gasteiger partial charge < -0.3 is 4.74 Å². The van der Waals surface area contributed by atoms with Crippen LogP contribution in [0.25, 0.3) is 0 Å². The second kappa shape index (κ2) is 6.38. The van der Waals surface area contributed by atoms with E-state index in [9.17, 15) is 4.79 Å². The maximum atomic E-state index is 12.2. The number of hydrogen-bond donors (Lipinski definition) is 0. The molecule has 2 aromatic rings. The van der Waals surface area contributed by atoms with Crippen LogP contribution in [0.15, 0.2) is 47.6 Å². The van der Waals surface area contributed by atoms with Crippen molar-refractivity contribution in [3.05, 3.63) is 53.7 Å². The van der Waals surface area contributed by atoms with Crippen LogP contribution in [-0.2, 0) is 0 Å². The largest absolute Gasteiger partial charge is 0.496 e. The molecule has 0 aliphatic rings. The summed E-state index contributed by atoms with van der Waals surface area (Å²) in [7, 11) is 1.58. The Morgan fingerprint density at radius 1 is 1.32 bits per heavy atom. The van der Waals surface area contributed by atoms with Crippen LogP contribution >= 0.6 is 11.8 Å². The molecule has 19 heavy (non-hydrogen) atoms. The standard InChI is InChI=1S/C15H15NO2S/c1-11-6-7-12(14(9-11)18-2)13(17)10-19-15-5-3-4-8-16-15/h3-9H,10H2,1-2H3. The van der Waals surface area contributed by atoms with Gasteiger partial charge in [-0.15, -0.1) is 0 Å². The second-order valence-electron chi connectivity index (χ2n) is 4.08. The Morgan fingerprint density at radius 2 is 2.16 bits per heavy atom. The highest BCUT2D eigenvalue weighted by atomic mass is 32.2. The number of carbonyl (C=O) groups is 1. The molecule has 1 heterocycles. The van der Waals surface area contributed by atoms with E-state index in [2.05, 4.69) is 4.98 Å². The highest BCUT2D eigenvalue weighted by Crippen LogP contribution is 2.23. The van der Waals surface area contributed by atoms with E-state index in [1.54, 1.807) is 13.3 Å². The molecule has 0 aliphatic heterocycles. The third-order valence-electron chi connectivity index (χ3n) is 2.65. The summed E-state index contributed by atoms with van der Waals surface area (Å²) in [5.74, 6) is 1.04. The van der Waals surface area contributed by atoms with Crippen molar-refractivity contribution in [3.8, 4) is 5.75 Å². The SMILES string of the molecule is COc1cc(C)ccc1C(=O)CSc1ccccn1. The van der Waals surface area contributed by atoms with E-state index in [0.717, 1.165) is 10.6 Å². The summed E-state index contributed by atoms with van der Waals surface area (Å²) in [6, 6.07) is 11.3. The van der Waals surface area contributed by atoms with Crippen molar-refractivity contribution < 1.29 is 9.53 Å². The quantitative estimate of drug-likeness (QED) is 0.618. The zero-order chi connectivity index (χ0) is 13.7. The summed E-state index contributed by atoms with van der Waals surface area (Å²) in [5.41, 5.74) is 1.70. The lowest BCUT2D eigenvalue weighted by atomic mass is 10.1. The Hall–Kier alpha value is -1.81. The third-order valence-corrected chi connectivity index (χ3v) is 3.59. The first kappa shape index (κ1) is 13.6. The van der Waals surface area contributed by atoms with Gasteiger partial charge in [0.15, 0.2) is 5.78 Å². The number of methoxy groups -OCH3 is 1. The molecule has 4 heteroatoms. The van der Waals surface area contributed by atoms with Gasteiger partial charge in [0.2, 0.25) is 0 Å². The van der Waals surface area contributed by atoms with E-state index in [1.807, 2.05) is 43.3 Å². The summed E-state index contributed by atoms with van der Waals surface area (Å²) in [6.45, 7) is 1.97. The average molecular weight is 273 g/mol. The van der Waals surface area contributed by atoms with Crippen molar-refractivity contribution >= 4 is 17.5 Å². The van der Waals surface area contributed by atoms with Crippen LogP contribution < -0.4 is 4.74 Å². The second-order valence-corrected chi connectivity index (χ2v) is 5.08. The highest BCUT2D eigenvalue weighted by Gasteiger charge is 2.12. The van der Waals surface area contributed by atoms with Crippen LogP contribution in [0, 0.1) is 6.92 Å². The van der Waals surface area contributed by atoms with Crippen LogP contribution in [-0.4, -0.2) is 23.6 Å². The number of carbonyl (C=O) groups excluding carboxylic acids is 1. The number of benzene rings is 1. The van der Waals surface area contributed by atoms with Crippen molar-refractivity contribution in [2.75, 3.05) is 12.9 Å². The molecule has 0 unspecified atom stereocenters. The number of rotatable bonds is 5. The molecule has 0 saturated heterocycles. The molecule has 0 radical (unpaired) electrons. The van der Waals surface area contributed by atoms with Crippen LogP contribution in [0.3, 0.4) is 0 Å². The molecule has 0 aliphatic carbocycles. The summed E-state index contributed by atoms with van der Waals surface area (Å²) < 4.78 is 5.25. The Balaban J connectivity index is 2.08. The maximum Gasteiger partial charge on any atom is 0.176 e. The Kier molecular flexibility index (Phi) is 4.58. The molecular weight excluding hydrogens is 258 g/mol. The first-order valence-electron chi connectivity index (χ1n) is 5.92. The minimum Gasteiger partial charge on any atom is -0.496 e. The molecule has 0 atom stereocenters. The van der Waals surface area contributed by atoms with Gasteiger partial charge in [-0.05, 0) is 36.8 Å². The summed E-state index contributed by atoms with van der Waals surface area (Å²) in [4.78, 5) is 16.4. The Morgan fingerprint density at radius 3 is 2.84 bits per heavy atom. The molecule has 0 fully saturated rings. The number of thioether (sulfide) groups is 1. The lowest BCUT2D eigenvalue weighted by Gasteiger charge is -2.08. The molecule has 3 nitrogen and oxygen atoms in total. The summed E-state index contributed by atoms with van der Waals surface area (Å²) in [5, 5.41) is 0.849. The molecule has 2 rings (SSSR count).